The van der Waals surface area contributed by atoms with Crippen LogP contribution in [0.15, 0.2) is 90.1 Å². The molecule has 1 heterocycles. The quantitative estimate of drug-likeness (QED) is 0.374. The molecule has 0 radical (unpaired) electrons. The Morgan fingerprint density at radius 1 is 0.941 bits per heavy atom. The molecule has 3 N–H and O–H groups in total. The summed E-state index contributed by atoms with van der Waals surface area (Å²) in [6.45, 7) is 1.81. The highest BCUT2D eigenvalue weighted by atomic mass is 32.2. The molecule has 34 heavy (non-hydrogen) atoms. The Labute approximate surface area is 197 Å². The lowest BCUT2D eigenvalue weighted by molar-refractivity contribution is 0.102. The van der Waals surface area contributed by atoms with Gasteiger partial charge >= 0.3 is 0 Å². The van der Waals surface area contributed by atoms with Crippen LogP contribution in [-0.2, 0) is 16.6 Å². The van der Waals surface area contributed by atoms with Crippen molar-refractivity contribution < 1.29 is 18.3 Å². The average molecular weight is 475 g/mol. The van der Waals surface area contributed by atoms with Gasteiger partial charge in [0.15, 0.2) is 5.82 Å². The van der Waals surface area contributed by atoms with Crippen LogP contribution in [0.1, 0.15) is 21.5 Å². The summed E-state index contributed by atoms with van der Waals surface area (Å²) in [5.41, 5.74) is 2.51. The molecule has 4 rings (SSSR count). The van der Waals surface area contributed by atoms with Crippen molar-refractivity contribution in [3.8, 4) is 17.1 Å². The Balaban J connectivity index is 1.49. The monoisotopic (exact) mass is 474 g/mol. The molecule has 4 aromatic rings. The Morgan fingerprint density at radius 2 is 1.68 bits per heavy atom. The van der Waals surface area contributed by atoms with Gasteiger partial charge in [-0.25, -0.2) is 23.1 Å². The summed E-state index contributed by atoms with van der Waals surface area (Å²) in [7, 11) is -3.83. The highest BCUT2D eigenvalue weighted by molar-refractivity contribution is 7.89. The van der Waals surface area contributed by atoms with E-state index in [-0.39, 0.29) is 22.8 Å². The van der Waals surface area contributed by atoms with Crippen LogP contribution < -0.4 is 10.0 Å². The molecule has 3 aromatic carbocycles. The highest BCUT2D eigenvalue weighted by Crippen LogP contribution is 2.21. The summed E-state index contributed by atoms with van der Waals surface area (Å²) in [5.74, 6) is -0.00261. The minimum Gasteiger partial charge on any atom is -0.508 e. The average Bonchev–Trinajstić information content (AvgIpc) is 2.84. The Kier molecular flexibility index (Phi) is 6.67. The SMILES string of the molecule is Cc1ccc(C(=O)Nc2cnc(-c3cccc(O)c3)nc2)cc1S(=O)(=O)NCc1ccccc1. The maximum atomic E-state index is 12.9. The van der Waals surface area contributed by atoms with E-state index in [0.717, 1.165) is 5.56 Å². The van der Waals surface area contributed by atoms with Crippen LogP contribution >= 0.6 is 0 Å². The van der Waals surface area contributed by atoms with Crippen molar-refractivity contribution in [2.24, 2.45) is 0 Å². The number of phenolic OH excluding ortho intramolecular Hbond substituents is 1. The maximum absolute atomic E-state index is 12.9. The fraction of sp³-hybridized carbons (Fsp3) is 0.0800. The molecule has 0 spiro atoms. The number of hydrogen-bond donors (Lipinski definition) is 3. The normalized spacial score (nSPS) is 11.2. The van der Waals surface area contributed by atoms with Crippen molar-refractivity contribution in [3.05, 3.63) is 102 Å². The van der Waals surface area contributed by atoms with Crippen molar-refractivity contribution in [2.75, 3.05) is 5.32 Å². The first-order valence-corrected chi connectivity index (χ1v) is 11.9. The first-order valence-electron chi connectivity index (χ1n) is 10.4. The van der Waals surface area contributed by atoms with Crippen molar-refractivity contribution in [1.29, 1.82) is 0 Å². The molecule has 0 unspecified atom stereocenters. The summed E-state index contributed by atoms with van der Waals surface area (Å²) in [4.78, 5) is 21.2. The second-order valence-corrected chi connectivity index (χ2v) is 9.33. The molecule has 0 bridgehead atoms. The van der Waals surface area contributed by atoms with E-state index < -0.39 is 15.9 Å². The summed E-state index contributed by atoms with van der Waals surface area (Å²) in [5, 5.41) is 12.3. The minimum atomic E-state index is -3.83. The van der Waals surface area contributed by atoms with Gasteiger partial charge in [-0.15, -0.1) is 0 Å². The van der Waals surface area contributed by atoms with Crippen LogP contribution in [0.2, 0.25) is 0 Å². The summed E-state index contributed by atoms with van der Waals surface area (Å²) >= 11 is 0. The summed E-state index contributed by atoms with van der Waals surface area (Å²) in [6, 6.07) is 20.2. The lowest BCUT2D eigenvalue weighted by atomic mass is 10.1. The standard InChI is InChI=1S/C25H22N4O4S/c1-17-10-11-20(13-23(17)34(32,33)28-14-18-6-3-2-4-7-18)25(31)29-21-15-26-24(27-16-21)19-8-5-9-22(30)12-19/h2-13,15-16,28,30H,14H2,1H3,(H,29,31). The smallest absolute Gasteiger partial charge is 0.255 e. The molecular formula is C25H22N4O4S. The van der Waals surface area contributed by atoms with Crippen LogP contribution in [0.3, 0.4) is 0 Å². The van der Waals surface area contributed by atoms with E-state index in [1.807, 2.05) is 30.3 Å². The number of sulfonamides is 1. The third kappa shape index (κ3) is 5.45. The van der Waals surface area contributed by atoms with Crippen LogP contribution in [0, 0.1) is 6.92 Å². The first kappa shape index (κ1) is 23.1. The van der Waals surface area contributed by atoms with Gasteiger partial charge in [-0.05, 0) is 42.3 Å². The molecule has 0 atom stereocenters. The van der Waals surface area contributed by atoms with E-state index in [1.54, 1.807) is 37.3 Å². The van der Waals surface area contributed by atoms with E-state index in [2.05, 4.69) is 20.0 Å². The molecule has 0 aliphatic rings. The Bertz CT molecular complexity index is 1420. The number of aryl methyl sites for hydroxylation is 1. The molecule has 1 amide bonds. The van der Waals surface area contributed by atoms with E-state index in [9.17, 15) is 18.3 Å². The molecule has 0 aliphatic heterocycles. The second kappa shape index (κ2) is 9.82. The number of nitrogens with zero attached hydrogens (tertiary/aromatic N) is 2. The highest BCUT2D eigenvalue weighted by Gasteiger charge is 2.19. The van der Waals surface area contributed by atoms with Gasteiger partial charge in [0.2, 0.25) is 10.0 Å². The predicted molar refractivity (Wildman–Crippen MR) is 129 cm³/mol. The molecular weight excluding hydrogens is 452 g/mol. The van der Waals surface area contributed by atoms with Crippen molar-refractivity contribution >= 4 is 21.6 Å². The van der Waals surface area contributed by atoms with E-state index >= 15 is 0 Å². The van der Waals surface area contributed by atoms with Gasteiger partial charge in [0.1, 0.15) is 5.75 Å². The van der Waals surface area contributed by atoms with Crippen molar-refractivity contribution in [3.63, 3.8) is 0 Å². The largest absolute Gasteiger partial charge is 0.508 e. The zero-order valence-corrected chi connectivity index (χ0v) is 19.1. The molecule has 8 nitrogen and oxygen atoms in total. The van der Waals surface area contributed by atoms with Crippen LogP contribution in [-0.4, -0.2) is 29.4 Å². The zero-order valence-electron chi connectivity index (χ0n) is 18.3. The molecule has 1 aromatic heterocycles. The van der Waals surface area contributed by atoms with Gasteiger partial charge in [-0.2, -0.15) is 0 Å². The van der Waals surface area contributed by atoms with Crippen LogP contribution in [0.4, 0.5) is 5.69 Å². The molecule has 172 valence electrons. The fourth-order valence-corrected chi connectivity index (χ4v) is 4.56. The molecule has 0 fully saturated rings. The number of rotatable bonds is 7. The molecule has 0 saturated heterocycles. The third-order valence-electron chi connectivity index (χ3n) is 5.06. The Hall–Kier alpha value is -4.08. The Morgan fingerprint density at radius 3 is 2.38 bits per heavy atom. The number of amides is 1. The topological polar surface area (TPSA) is 121 Å². The van der Waals surface area contributed by atoms with Gasteiger partial charge in [-0.3, -0.25) is 4.79 Å². The number of aromatic hydroxyl groups is 1. The predicted octanol–water partition coefficient (Wildman–Crippen LogP) is 3.89. The zero-order chi connectivity index (χ0) is 24.1. The number of aromatic nitrogens is 2. The van der Waals surface area contributed by atoms with Gasteiger partial charge in [0.05, 0.1) is 23.0 Å². The summed E-state index contributed by atoms with van der Waals surface area (Å²) < 4.78 is 28.3. The lowest BCUT2D eigenvalue weighted by Gasteiger charge is -2.12. The number of phenols is 1. The molecule has 0 saturated carbocycles. The minimum absolute atomic E-state index is 0.0339. The number of carbonyl (C=O) groups is 1. The molecule has 0 aliphatic carbocycles. The van der Waals surface area contributed by atoms with E-state index in [4.69, 9.17) is 0 Å². The lowest BCUT2D eigenvalue weighted by Crippen LogP contribution is -2.24. The van der Waals surface area contributed by atoms with Gasteiger partial charge < -0.3 is 10.4 Å². The first-order chi connectivity index (χ1) is 16.3. The number of nitrogens with one attached hydrogen (secondary N) is 2. The van der Waals surface area contributed by atoms with Gasteiger partial charge in [0.25, 0.3) is 5.91 Å². The number of carbonyl (C=O) groups excluding carboxylic acids is 1. The second-order valence-electron chi connectivity index (χ2n) is 7.59. The van der Waals surface area contributed by atoms with Gasteiger partial charge in [0, 0.05) is 17.7 Å². The van der Waals surface area contributed by atoms with E-state index in [1.165, 1.54) is 24.5 Å². The van der Waals surface area contributed by atoms with Crippen LogP contribution in [0.25, 0.3) is 11.4 Å². The third-order valence-corrected chi connectivity index (χ3v) is 6.61. The summed E-state index contributed by atoms with van der Waals surface area (Å²) in [6.07, 6.45) is 2.88. The number of benzene rings is 3. The van der Waals surface area contributed by atoms with E-state index in [0.29, 0.717) is 22.6 Å². The maximum Gasteiger partial charge on any atom is 0.255 e. The van der Waals surface area contributed by atoms with Gasteiger partial charge in [-0.1, -0.05) is 48.5 Å². The van der Waals surface area contributed by atoms with Crippen LogP contribution in [0.5, 0.6) is 5.75 Å². The fourth-order valence-electron chi connectivity index (χ4n) is 3.27. The molecule has 9 heteroatoms. The number of hydrogen-bond acceptors (Lipinski definition) is 6. The number of anilines is 1. The van der Waals surface area contributed by atoms with Crippen molar-refractivity contribution in [2.45, 2.75) is 18.4 Å². The van der Waals surface area contributed by atoms with Crippen molar-refractivity contribution in [1.82, 2.24) is 14.7 Å².